The molecule has 0 bridgehead atoms. The maximum absolute atomic E-state index is 12.4. The number of hydrogen-bond acceptors (Lipinski definition) is 4. The molecule has 4 heteroatoms. The molecule has 0 heterocycles. The van der Waals surface area contributed by atoms with Crippen LogP contribution in [0.3, 0.4) is 0 Å². The number of hydrogen-bond donors (Lipinski definition) is 1. The third kappa shape index (κ3) is 3.54. The van der Waals surface area contributed by atoms with Gasteiger partial charge in [0.2, 0.25) is 0 Å². The van der Waals surface area contributed by atoms with Crippen molar-refractivity contribution in [2.45, 2.75) is 13.3 Å². The zero-order chi connectivity index (χ0) is 15.2. The Bertz CT molecular complexity index is 617. The van der Waals surface area contributed by atoms with Gasteiger partial charge < -0.3 is 14.6 Å². The first-order chi connectivity index (χ1) is 10.2. The molecule has 4 nitrogen and oxygen atoms in total. The van der Waals surface area contributed by atoms with Crippen molar-refractivity contribution in [1.29, 1.82) is 0 Å². The smallest absolute Gasteiger partial charge is 0.196 e. The zero-order valence-electron chi connectivity index (χ0n) is 12.1. The molecule has 110 valence electrons. The minimum Gasteiger partial charge on any atom is -0.507 e. The quantitative estimate of drug-likeness (QED) is 0.827. The molecule has 0 radical (unpaired) electrons. The van der Waals surface area contributed by atoms with Gasteiger partial charge in [-0.1, -0.05) is 6.92 Å². The number of carbonyl (C=O) groups is 1. The molecule has 0 aromatic heterocycles. The van der Waals surface area contributed by atoms with Crippen molar-refractivity contribution in [1.82, 2.24) is 0 Å². The van der Waals surface area contributed by atoms with Crippen molar-refractivity contribution >= 4 is 5.78 Å². The van der Waals surface area contributed by atoms with E-state index in [4.69, 9.17) is 9.47 Å². The van der Waals surface area contributed by atoms with E-state index in [0.29, 0.717) is 23.7 Å². The Kier molecular flexibility index (Phi) is 4.82. The lowest BCUT2D eigenvalue weighted by Crippen LogP contribution is -2.02. The van der Waals surface area contributed by atoms with Gasteiger partial charge in [-0.25, -0.2) is 0 Å². The predicted octanol–water partition coefficient (Wildman–Crippen LogP) is 3.42. The van der Waals surface area contributed by atoms with Gasteiger partial charge in [-0.3, -0.25) is 4.79 Å². The van der Waals surface area contributed by atoms with Crippen molar-refractivity contribution in [3.05, 3.63) is 53.6 Å². The molecule has 0 unspecified atom stereocenters. The average Bonchev–Trinajstić information content (AvgIpc) is 2.52. The van der Waals surface area contributed by atoms with Crippen molar-refractivity contribution in [2.24, 2.45) is 0 Å². The third-order valence-electron chi connectivity index (χ3n) is 3.04. The molecule has 0 saturated carbocycles. The fourth-order valence-electron chi connectivity index (χ4n) is 1.91. The summed E-state index contributed by atoms with van der Waals surface area (Å²) in [5.74, 6) is 0.918. The van der Waals surface area contributed by atoms with E-state index in [1.807, 2.05) is 6.92 Å². The van der Waals surface area contributed by atoms with E-state index >= 15 is 0 Å². The summed E-state index contributed by atoms with van der Waals surface area (Å²) in [5, 5.41) is 10.00. The first-order valence-electron chi connectivity index (χ1n) is 6.80. The lowest BCUT2D eigenvalue weighted by atomic mass is 10.0. The Balaban J connectivity index is 2.21. The monoisotopic (exact) mass is 286 g/mol. The molecule has 0 aliphatic rings. The first-order valence-corrected chi connectivity index (χ1v) is 6.80. The fraction of sp³-hybridized carbons (Fsp3) is 0.235. The summed E-state index contributed by atoms with van der Waals surface area (Å²) in [5.41, 5.74) is 0.748. The average molecular weight is 286 g/mol. The van der Waals surface area contributed by atoms with Crippen LogP contribution >= 0.6 is 0 Å². The van der Waals surface area contributed by atoms with Gasteiger partial charge in [0.1, 0.15) is 17.2 Å². The van der Waals surface area contributed by atoms with Crippen molar-refractivity contribution in [3.8, 4) is 17.2 Å². The number of carbonyl (C=O) groups excluding carboxylic acids is 1. The van der Waals surface area contributed by atoms with Crippen LogP contribution in [0.4, 0.5) is 0 Å². The maximum atomic E-state index is 12.4. The number of phenols is 1. The number of rotatable bonds is 6. The van der Waals surface area contributed by atoms with Crippen LogP contribution in [0.2, 0.25) is 0 Å². The van der Waals surface area contributed by atoms with E-state index in [2.05, 4.69) is 0 Å². The van der Waals surface area contributed by atoms with Crippen LogP contribution < -0.4 is 9.47 Å². The third-order valence-corrected chi connectivity index (χ3v) is 3.04. The molecule has 2 rings (SSSR count). The highest BCUT2D eigenvalue weighted by Gasteiger charge is 2.14. The fourth-order valence-corrected chi connectivity index (χ4v) is 1.91. The lowest BCUT2D eigenvalue weighted by Gasteiger charge is -2.08. The minimum absolute atomic E-state index is 0.0792. The van der Waals surface area contributed by atoms with Crippen LogP contribution in [-0.4, -0.2) is 24.6 Å². The Morgan fingerprint density at radius 1 is 1.10 bits per heavy atom. The number of ether oxygens (including phenoxy) is 2. The van der Waals surface area contributed by atoms with Gasteiger partial charge in [0, 0.05) is 11.6 Å². The van der Waals surface area contributed by atoms with Gasteiger partial charge >= 0.3 is 0 Å². The zero-order valence-corrected chi connectivity index (χ0v) is 12.1. The molecule has 0 spiro atoms. The van der Waals surface area contributed by atoms with Crippen molar-refractivity contribution in [3.63, 3.8) is 0 Å². The molecule has 0 atom stereocenters. The van der Waals surface area contributed by atoms with E-state index < -0.39 is 0 Å². The molecule has 0 fully saturated rings. The maximum Gasteiger partial charge on any atom is 0.196 e. The second kappa shape index (κ2) is 6.79. The number of methoxy groups -OCH3 is 1. The summed E-state index contributed by atoms with van der Waals surface area (Å²) >= 11 is 0. The summed E-state index contributed by atoms with van der Waals surface area (Å²) in [7, 11) is 1.57. The topological polar surface area (TPSA) is 55.8 Å². The number of aromatic hydroxyl groups is 1. The van der Waals surface area contributed by atoms with Gasteiger partial charge in [0.25, 0.3) is 0 Å². The van der Waals surface area contributed by atoms with E-state index in [0.717, 1.165) is 6.42 Å². The molecule has 2 aromatic carbocycles. The molecule has 2 aromatic rings. The number of ketones is 1. The normalized spacial score (nSPS) is 10.2. The highest BCUT2D eigenvalue weighted by Crippen LogP contribution is 2.26. The van der Waals surface area contributed by atoms with Crippen molar-refractivity contribution < 1.29 is 19.4 Å². The number of benzene rings is 2. The van der Waals surface area contributed by atoms with Crippen LogP contribution in [0.5, 0.6) is 17.2 Å². The molecule has 0 amide bonds. The molecule has 21 heavy (non-hydrogen) atoms. The van der Waals surface area contributed by atoms with Crippen LogP contribution in [0.15, 0.2) is 42.5 Å². The summed E-state index contributed by atoms with van der Waals surface area (Å²) in [4.78, 5) is 12.4. The van der Waals surface area contributed by atoms with Gasteiger partial charge in [-0.15, -0.1) is 0 Å². The van der Waals surface area contributed by atoms with Crippen LogP contribution in [0, 0.1) is 0 Å². The van der Waals surface area contributed by atoms with E-state index in [1.165, 1.54) is 6.07 Å². The highest BCUT2D eigenvalue weighted by atomic mass is 16.5. The van der Waals surface area contributed by atoms with Gasteiger partial charge in [0.05, 0.1) is 19.3 Å². The largest absolute Gasteiger partial charge is 0.507 e. The Labute approximate surface area is 123 Å². The molecule has 0 saturated heterocycles. The minimum atomic E-state index is -0.239. The number of phenolic OH excluding ortho intramolecular Hbond substituents is 1. The Hall–Kier alpha value is -2.49. The summed E-state index contributed by atoms with van der Waals surface area (Å²) in [6, 6.07) is 11.5. The summed E-state index contributed by atoms with van der Waals surface area (Å²) in [6.45, 7) is 2.58. The summed E-state index contributed by atoms with van der Waals surface area (Å²) in [6.07, 6.45) is 0.882. The van der Waals surface area contributed by atoms with E-state index in [1.54, 1.807) is 43.5 Å². The van der Waals surface area contributed by atoms with Crippen LogP contribution in [-0.2, 0) is 0 Å². The first kappa shape index (κ1) is 14.9. The molecular formula is C17H18O4. The standard InChI is InChI=1S/C17H18O4/c1-3-10-21-14-8-9-15(16(18)11-14)17(19)12-4-6-13(20-2)7-5-12/h4-9,11,18H,3,10H2,1-2H3. The molecule has 1 N–H and O–H groups in total. The Morgan fingerprint density at radius 2 is 1.76 bits per heavy atom. The van der Waals surface area contributed by atoms with Crippen LogP contribution in [0.1, 0.15) is 29.3 Å². The second-order valence-corrected chi connectivity index (χ2v) is 4.59. The van der Waals surface area contributed by atoms with E-state index in [9.17, 15) is 9.90 Å². The highest BCUT2D eigenvalue weighted by molar-refractivity contribution is 6.10. The van der Waals surface area contributed by atoms with Gasteiger partial charge in [0.15, 0.2) is 5.78 Å². The molecule has 0 aliphatic carbocycles. The molecular weight excluding hydrogens is 268 g/mol. The summed E-state index contributed by atoms with van der Waals surface area (Å²) < 4.78 is 10.5. The second-order valence-electron chi connectivity index (χ2n) is 4.59. The van der Waals surface area contributed by atoms with Gasteiger partial charge in [-0.2, -0.15) is 0 Å². The van der Waals surface area contributed by atoms with Crippen molar-refractivity contribution in [2.75, 3.05) is 13.7 Å². The lowest BCUT2D eigenvalue weighted by molar-refractivity contribution is 0.103. The van der Waals surface area contributed by atoms with E-state index in [-0.39, 0.29) is 17.1 Å². The molecule has 0 aliphatic heterocycles. The van der Waals surface area contributed by atoms with Gasteiger partial charge in [-0.05, 0) is 42.8 Å². The SMILES string of the molecule is CCCOc1ccc(C(=O)c2ccc(OC)cc2)c(O)c1. The Morgan fingerprint density at radius 3 is 2.33 bits per heavy atom. The predicted molar refractivity (Wildman–Crippen MR) is 80.3 cm³/mol. The van der Waals surface area contributed by atoms with Crippen LogP contribution in [0.25, 0.3) is 0 Å².